The van der Waals surface area contributed by atoms with E-state index < -0.39 is 0 Å². The van der Waals surface area contributed by atoms with E-state index in [-0.39, 0.29) is 0 Å². The van der Waals surface area contributed by atoms with Gasteiger partial charge in [-0.2, -0.15) is 5.26 Å². The van der Waals surface area contributed by atoms with Crippen LogP contribution in [0.4, 0.5) is 0 Å². The first-order valence-electron chi connectivity index (χ1n) is 6.57. The van der Waals surface area contributed by atoms with Crippen molar-refractivity contribution in [3.05, 3.63) is 29.8 Å². The van der Waals surface area contributed by atoms with E-state index in [0.717, 1.165) is 13.1 Å². The van der Waals surface area contributed by atoms with Gasteiger partial charge in [0.15, 0.2) is 0 Å². The van der Waals surface area contributed by atoms with E-state index in [4.69, 9.17) is 14.7 Å². The molecule has 0 aliphatic carbocycles. The maximum atomic E-state index is 8.97. The Bertz CT molecular complexity index is 415. The van der Waals surface area contributed by atoms with Crippen LogP contribution >= 0.6 is 0 Å². The molecule has 0 aliphatic rings. The van der Waals surface area contributed by atoms with Gasteiger partial charge >= 0.3 is 0 Å². The van der Waals surface area contributed by atoms with Crippen LogP contribution in [-0.4, -0.2) is 44.4 Å². The van der Waals surface area contributed by atoms with E-state index in [9.17, 15) is 0 Å². The number of hydrogen-bond acceptors (Lipinski definition) is 4. The van der Waals surface area contributed by atoms with Crippen LogP contribution in [0, 0.1) is 11.3 Å². The third kappa shape index (κ3) is 4.90. The fourth-order valence-electron chi connectivity index (χ4n) is 1.99. The summed E-state index contributed by atoms with van der Waals surface area (Å²) >= 11 is 0. The minimum Gasteiger partial charge on any atom is -0.491 e. The Balaban J connectivity index is 2.46. The molecule has 1 rings (SSSR count). The molecule has 19 heavy (non-hydrogen) atoms. The Morgan fingerprint density at radius 1 is 1.37 bits per heavy atom. The van der Waals surface area contributed by atoms with Crippen molar-refractivity contribution in [3.63, 3.8) is 0 Å². The van der Waals surface area contributed by atoms with Gasteiger partial charge in [0.05, 0.1) is 12.2 Å². The summed E-state index contributed by atoms with van der Waals surface area (Å²) in [5, 5.41) is 8.97. The van der Waals surface area contributed by atoms with Crippen LogP contribution in [0.15, 0.2) is 24.3 Å². The molecular weight excluding hydrogens is 240 g/mol. The molecule has 0 amide bonds. The lowest BCUT2D eigenvalue weighted by atomic mass is 10.2. The first kappa shape index (κ1) is 15.5. The highest BCUT2D eigenvalue weighted by atomic mass is 16.5. The summed E-state index contributed by atoms with van der Waals surface area (Å²) in [6, 6.07) is 9.80. The quantitative estimate of drug-likeness (QED) is 0.721. The predicted octanol–water partition coefficient (Wildman–Crippen LogP) is 2.29. The van der Waals surface area contributed by atoms with Gasteiger partial charge in [0.1, 0.15) is 18.4 Å². The zero-order chi connectivity index (χ0) is 14.1. The summed E-state index contributed by atoms with van der Waals surface area (Å²) < 4.78 is 10.8. The lowest BCUT2D eigenvalue weighted by molar-refractivity contribution is 0.0920. The molecule has 1 aromatic rings. The lowest BCUT2D eigenvalue weighted by Gasteiger charge is -2.27. The first-order valence-corrected chi connectivity index (χ1v) is 6.57. The Hall–Kier alpha value is -1.57. The average Bonchev–Trinajstić information content (AvgIpc) is 2.44. The fraction of sp³-hybridized carbons (Fsp3) is 0.533. The highest BCUT2D eigenvalue weighted by Crippen LogP contribution is 2.16. The molecule has 0 radical (unpaired) electrons. The minimum atomic E-state index is 0.366. The second-order valence-electron chi connectivity index (χ2n) is 4.39. The molecule has 1 atom stereocenters. The van der Waals surface area contributed by atoms with Crippen molar-refractivity contribution >= 4 is 0 Å². The lowest BCUT2D eigenvalue weighted by Crippen LogP contribution is -2.38. The van der Waals surface area contributed by atoms with Gasteiger partial charge in [-0.15, -0.1) is 0 Å². The van der Waals surface area contributed by atoms with Crippen LogP contribution in [0.1, 0.15) is 19.4 Å². The van der Waals surface area contributed by atoms with Gasteiger partial charge in [0, 0.05) is 19.7 Å². The molecule has 0 aromatic heterocycles. The van der Waals surface area contributed by atoms with Crippen molar-refractivity contribution in [1.82, 2.24) is 4.90 Å². The molecule has 0 saturated carbocycles. The van der Waals surface area contributed by atoms with Gasteiger partial charge in [-0.3, -0.25) is 4.90 Å². The third-order valence-corrected chi connectivity index (χ3v) is 3.08. The zero-order valence-electron chi connectivity index (χ0n) is 11.9. The van der Waals surface area contributed by atoms with Gasteiger partial charge in [-0.05, 0) is 25.6 Å². The number of benzene rings is 1. The average molecular weight is 262 g/mol. The normalized spacial score (nSPS) is 12.2. The van der Waals surface area contributed by atoms with Gasteiger partial charge < -0.3 is 9.47 Å². The largest absolute Gasteiger partial charge is 0.491 e. The van der Waals surface area contributed by atoms with Crippen LogP contribution in [0.3, 0.4) is 0 Å². The number of rotatable bonds is 8. The SMILES string of the molecule is CCN(CCOc1ccccc1C#N)C(C)COC. The Kier molecular flexibility index (Phi) is 6.94. The van der Waals surface area contributed by atoms with Crippen molar-refractivity contribution in [2.24, 2.45) is 0 Å². The second-order valence-corrected chi connectivity index (χ2v) is 4.39. The highest BCUT2D eigenvalue weighted by Gasteiger charge is 2.11. The van der Waals surface area contributed by atoms with Crippen molar-refractivity contribution < 1.29 is 9.47 Å². The van der Waals surface area contributed by atoms with Crippen molar-refractivity contribution in [1.29, 1.82) is 5.26 Å². The molecule has 0 saturated heterocycles. The van der Waals surface area contributed by atoms with E-state index in [1.165, 1.54) is 0 Å². The van der Waals surface area contributed by atoms with Gasteiger partial charge in [0.2, 0.25) is 0 Å². The number of para-hydroxylation sites is 1. The maximum Gasteiger partial charge on any atom is 0.137 e. The minimum absolute atomic E-state index is 0.366. The number of likely N-dealkylation sites (N-methyl/N-ethyl adjacent to an activating group) is 1. The fourth-order valence-corrected chi connectivity index (χ4v) is 1.99. The van der Waals surface area contributed by atoms with E-state index in [1.54, 1.807) is 13.2 Å². The summed E-state index contributed by atoms with van der Waals surface area (Å²) in [6.07, 6.45) is 0. The molecule has 104 valence electrons. The van der Waals surface area contributed by atoms with Crippen molar-refractivity contribution in [2.75, 3.05) is 33.4 Å². The summed E-state index contributed by atoms with van der Waals surface area (Å²) in [5.41, 5.74) is 0.579. The Morgan fingerprint density at radius 2 is 2.11 bits per heavy atom. The molecule has 0 heterocycles. The van der Waals surface area contributed by atoms with Gasteiger partial charge in [-0.1, -0.05) is 19.1 Å². The molecule has 0 spiro atoms. The number of nitrogens with zero attached hydrogens (tertiary/aromatic N) is 2. The topological polar surface area (TPSA) is 45.5 Å². The van der Waals surface area contributed by atoms with E-state index >= 15 is 0 Å². The molecule has 0 aliphatic heterocycles. The first-order chi connectivity index (χ1) is 9.22. The second kappa shape index (κ2) is 8.52. The number of hydrogen-bond donors (Lipinski definition) is 0. The van der Waals surface area contributed by atoms with Gasteiger partial charge in [0.25, 0.3) is 0 Å². The maximum absolute atomic E-state index is 8.97. The van der Waals surface area contributed by atoms with Crippen LogP contribution in [0.25, 0.3) is 0 Å². The number of methoxy groups -OCH3 is 1. The van der Waals surface area contributed by atoms with E-state index in [1.807, 2.05) is 18.2 Å². The van der Waals surface area contributed by atoms with Gasteiger partial charge in [-0.25, -0.2) is 0 Å². The standard InChI is InChI=1S/C15H22N2O2/c1-4-17(13(2)12-18-3)9-10-19-15-8-6-5-7-14(15)11-16/h5-8,13H,4,9-10,12H2,1-3H3. The summed E-state index contributed by atoms with van der Waals surface area (Å²) in [5.74, 6) is 0.653. The summed E-state index contributed by atoms with van der Waals surface area (Å²) in [6.45, 7) is 7.31. The summed E-state index contributed by atoms with van der Waals surface area (Å²) in [7, 11) is 1.71. The Morgan fingerprint density at radius 3 is 2.74 bits per heavy atom. The molecule has 4 heteroatoms. The third-order valence-electron chi connectivity index (χ3n) is 3.08. The number of ether oxygens (including phenoxy) is 2. The van der Waals surface area contributed by atoms with Crippen LogP contribution in [0.2, 0.25) is 0 Å². The molecule has 0 N–H and O–H groups in total. The zero-order valence-corrected chi connectivity index (χ0v) is 11.9. The van der Waals surface area contributed by atoms with Crippen LogP contribution in [0.5, 0.6) is 5.75 Å². The monoisotopic (exact) mass is 262 g/mol. The molecule has 4 nitrogen and oxygen atoms in total. The smallest absolute Gasteiger partial charge is 0.137 e. The van der Waals surface area contributed by atoms with Crippen LogP contribution < -0.4 is 4.74 Å². The predicted molar refractivity (Wildman–Crippen MR) is 75.2 cm³/mol. The molecule has 0 bridgehead atoms. The van der Waals surface area contributed by atoms with E-state index in [0.29, 0.717) is 30.6 Å². The van der Waals surface area contributed by atoms with Crippen molar-refractivity contribution in [3.8, 4) is 11.8 Å². The van der Waals surface area contributed by atoms with Crippen LogP contribution in [-0.2, 0) is 4.74 Å². The molecule has 0 fully saturated rings. The summed E-state index contributed by atoms with van der Waals surface area (Å²) in [4.78, 5) is 2.29. The molecule has 1 aromatic carbocycles. The highest BCUT2D eigenvalue weighted by molar-refractivity contribution is 5.42. The van der Waals surface area contributed by atoms with E-state index in [2.05, 4.69) is 24.8 Å². The Labute approximate surface area is 115 Å². The van der Waals surface area contributed by atoms with Crippen molar-refractivity contribution in [2.45, 2.75) is 19.9 Å². The molecule has 1 unspecified atom stereocenters. The molecular formula is C15H22N2O2. The number of nitriles is 1.